The van der Waals surface area contributed by atoms with Gasteiger partial charge in [-0.1, -0.05) is 24.3 Å². The van der Waals surface area contributed by atoms with E-state index in [0.717, 1.165) is 11.6 Å². The molecule has 0 saturated heterocycles. The molecule has 5 heteroatoms. The number of aliphatic carboxylic acids is 1. The monoisotopic (exact) mass is 297 g/mol. The number of carboxylic acid groups (broad SMARTS) is 1. The summed E-state index contributed by atoms with van der Waals surface area (Å²) in [5.74, 6) is -0.777. The molecule has 22 heavy (non-hydrogen) atoms. The van der Waals surface area contributed by atoms with Crippen LogP contribution < -0.4 is 10.1 Å². The summed E-state index contributed by atoms with van der Waals surface area (Å²) in [7, 11) is 1.51. The van der Waals surface area contributed by atoms with E-state index in [1.807, 2.05) is 0 Å². The number of hydrogen-bond acceptors (Lipinski definition) is 3. The van der Waals surface area contributed by atoms with Crippen molar-refractivity contribution in [2.24, 2.45) is 0 Å². The number of para-hydroxylation sites is 1. The van der Waals surface area contributed by atoms with Crippen LogP contribution in [0.2, 0.25) is 0 Å². The first-order chi connectivity index (χ1) is 10.6. The maximum Gasteiger partial charge on any atom is 0.328 e. The zero-order valence-corrected chi connectivity index (χ0v) is 11.9. The highest BCUT2D eigenvalue weighted by atomic mass is 16.5. The molecular formula is C17H15NO4. The van der Waals surface area contributed by atoms with Crippen molar-refractivity contribution >= 4 is 23.6 Å². The molecule has 2 N–H and O–H groups in total. The van der Waals surface area contributed by atoms with Gasteiger partial charge in [0.1, 0.15) is 5.75 Å². The normalized spacial score (nSPS) is 10.4. The number of rotatable bonds is 5. The Balaban J connectivity index is 2.10. The molecule has 0 radical (unpaired) electrons. The first-order valence-electron chi connectivity index (χ1n) is 6.55. The second kappa shape index (κ2) is 7.08. The highest BCUT2D eigenvalue weighted by molar-refractivity contribution is 6.06. The SMILES string of the molecule is COc1ccccc1C(=O)Nc1ccc(/C=C/C(=O)O)cc1. The summed E-state index contributed by atoms with van der Waals surface area (Å²) in [6.45, 7) is 0. The Kier molecular flexibility index (Phi) is 4.93. The number of hydrogen-bond donors (Lipinski definition) is 2. The quantitative estimate of drug-likeness (QED) is 0.832. The van der Waals surface area contributed by atoms with E-state index in [0.29, 0.717) is 17.0 Å². The first-order valence-corrected chi connectivity index (χ1v) is 6.55. The summed E-state index contributed by atoms with van der Waals surface area (Å²) in [4.78, 5) is 22.7. The number of methoxy groups -OCH3 is 1. The number of carboxylic acids is 1. The van der Waals surface area contributed by atoms with Crippen molar-refractivity contribution in [2.75, 3.05) is 12.4 Å². The van der Waals surface area contributed by atoms with Crippen LogP contribution in [0.15, 0.2) is 54.6 Å². The van der Waals surface area contributed by atoms with E-state index in [1.165, 1.54) is 13.2 Å². The second-order valence-electron chi connectivity index (χ2n) is 4.45. The van der Waals surface area contributed by atoms with E-state index in [9.17, 15) is 9.59 Å². The predicted molar refractivity (Wildman–Crippen MR) is 84.1 cm³/mol. The standard InChI is InChI=1S/C17H15NO4/c1-22-15-5-3-2-4-14(15)17(21)18-13-9-6-12(7-10-13)8-11-16(19)20/h2-11H,1H3,(H,18,21)(H,19,20)/b11-8+. The van der Waals surface area contributed by atoms with Gasteiger partial charge < -0.3 is 15.2 Å². The summed E-state index contributed by atoms with van der Waals surface area (Å²) in [5.41, 5.74) is 1.79. The smallest absolute Gasteiger partial charge is 0.328 e. The molecule has 5 nitrogen and oxygen atoms in total. The maximum absolute atomic E-state index is 12.2. The van der Waals surface area contributed by atoms with Crippen LogP contribution in [0.3, 0.4) is 0 Å². The van der Waals surface area contributed by atoms with Crippen molar-refractivity contribution in [1.82, 2.24) is 0 Å². The minimum absolute atomic E-state index is 0.272. The van der Waals surface area contributed by atoms with E-state index in [4.69, 9.17) is 9.84 Å². The largest absolute Gasteiger partial charge is 0.496 e. The Hall–Kier alpha value is -3.08. The Bertz CT molecular complexity index is 705. The van der Waals surface area contributed by atoms with Gasteiger partial charge in [-0.3, -0.25) is 4.79 Å². The highest BCUT2D eigenvalue weighted by Gasteiger charge is 2.11. The second-order valence-corrected chi connectivity index (χ2v) is 4.45. The fourth-order valence-electron chi connectivity index (χ4n) is 1.88. The van der Waals surface area contributed by atoms with Crippen LogP contribution in [-0.2, 0) is 4.79 Å². The van der Waals surface area contributed by atoms with Crippen LogP contribution in [0.5, 0.6) is 5.75 Å². The summed E-state index contributed by atoms with van der Waals surface area (Å²) < 4.78 is 5.15. The lowest BCUT2D eigenvalue weighted by Gasteiger charge is -2.09. The third-order valence-electron chi connectivity index (χ3n) is 2.94. The van der Waals surface area contributed by atoms with Crippen LogP contribution in [0, 0.1) is 0 Å². The molecule has 2 aromatic rings. The molecule has 0 aromatic heterocycles. The Morgan fingerprint density at radius 3 is 2.41 bits per heavy atom. The average Bonchev–Trinajstić information content (AvgIpc) is 2.54. The van der Waals surface area contributed by atoms with Gasteiger partial charge in [0.05, 0.1) is 12.7 Å². The van der Waals surface area contributed by atoms with E-state index < -0.39 is 5.97 Å². The molecule has 0 saturated carbocycles. The van der Waals surface area contributed by atoms with Crippen LogP contribution in [0.25, 0.3) is 6.08 Å². The molecule has 0 heterocycles. The molecule has 0 spiro atoms. The highest BCUT2D eigenvalue weighted by Crippen LogP contribution is 2.19. The van der Waals surface area contributed by atoms with Gasteiger partial charge in [-0.15, -0.1) is 0 Å². The summed E-state index contributed by atoms with van der Waals surface area (Å²) in [6.07, 6.45) is 2.54. The van der Waals surface area contributed by atoms with Gasteiger partial charge in [-0.25, -0.2) is 4.79 Å². The number of carbonyl (C=O) groups is 2. The fourth-order valence-corrected chi connectivity index (χ4v) is 1.88. The van der Waals surface area contributed by atoms with Crippen LogP contribution >= 0.6 is 0 Å². The molecule has 0 aliphatic heterocycles. The molecule has 0 unspecified atom stereocenters. The number of anilines is 1. The zero-order chi connectivity index (χ0) is 15.9. The molecular weight excluding hydrogens is 282 g/mol. The van der Waals surface area contributed by atoms with Crippen molar-refractivity contribution in [3.8, 4) is 5.75 Å². The fraction of sp³-hybridized carbons (Fsp3) is 0.0588. The number of benzene rings is 2. The number of amides is 1. The lowest BCUT2D eigenvalue weighted by molar-refractivity contribution is -0.131. The van der Waals surface area contributed by atoms with Crippen molar-refractivity contribution in [3.05, 3.63) is 65.7 Å². The van der Waals surface area contributed by atoms with Gasteiger partial charge >= 0.3 is 5.97 Å². The topological polar surface area (TPSA) is 75.6 Å². The first kappa shape index (κ1) is 15.3. The van der Waals surface area contributed by atoms with Crippen molar-refractivity contribution in [1.29, 1.82) is 0 Å². The van der Waals surface area contributed by atoms with Gasteiger partial charge in [0.25, 0.3) is 5.91 Å². The molecule has 0 aliphatic carbocycles. The van der Waals surface area contributed by atoms with Crippen LogP contribution in [0.4, 0.5) is 5.69 Å². The maximum atomic E-state index is 12.2. The molecule has 0 bridgehead atoms. The lowest BCUT2D eigenvalue weighted by Crippen LogP contribution is -2.12. The number of nitrogens with one attached hydrogen (secondary N) is 1. The minimum Gasteiger partial charge on any atom is -0.496 e. The average molecular weight is 297 g/mol. The zero-order valence-electron chi connectivity index (χ0n) is 11.9. The van der Waals surface area contributed by atoms with Crippen molar-refractivity contribution in [3.63, 3.8) is 0 Å². The predicted octanol–water partition coefficient (Wildman–Crippen LogP) is 3.05. The molecule has 1 amide bonds. The Morgan fingerprint density at radius 1 is 1.09 bits per heavy atom. The van der Waals surface area contributed by atoms with Gasteiger partial charge in [-0.05, 0) is 35.9 Å². The molecule has 2 aromatic carbocycles. The molecule has 0 atom stereocenters. The van der Waals surface area contributed by atoms with E-state index >= 15 is 0 Å². The van der Waals surface area contributed by atoms with E-state index in [2.05, 4.69) is 5.32 Å². The Morgan fingerprint density at radius 2 is 1.77 bits per heavy atom. The number of carbonyl (C=O) groups excluding carboxylic acids is 1. The molecule has 0 aliphatic rings. The van der Waals surface area contributed by atoms with Gasteiger partial charge in [0, 0.05) is 11.8 Å². The minimum atomic E-state index is -1.01. The van der Waals surface area contributed by atoms with E-state index in [1.54, 1.807) is 48.5 Å². The molecule has 112 valence electrons. The van der Waals surface area contributed by atoms with Crippen LogP contribution in [0.1, 0.15) is 15.9 Å². The molecule has 0 fully saturated rings. The van der Waals surface area contributed by atoms with Crippen molar-refractivity contribution < 1.29 is 19.4 Å². The number of ether oxygens (including phenoxy) is 1. The summed E-state index contributed by atoms with van der Waals surface area (Å²) in [5, 5.41) is 11.3. The van der Waals surface area contributed by atoms with Crippen molar-refractivity contribution in [2.45, 2.75) is 0 Å². The van der Waals surface area contributed by atoms with Gasteiger partial charge in [0.15, 0.2) is 0 Å². The summed E-state index contributed by atoms with van der Waals surface area (Å²) in [6, 6.07) is 13.8. The van der Waals surface area contributed by atoms with Gasteiger partial charge in [0.2, 0.25) is 0 Å². The lowest BCUT2D eigenvalue weighted by atomic mass is 10.1. The van der Waals surface area contributed by atoms with Gasteiger partial charge in [-0.2, -0.15) is 0 Å². The summed E-state index contributed by atoms with van der Waals surface area (Å²) >= 11 is 0. The third-order valence-corrected chi connectivity index (χ3v) is 2.94. The van der Waals surface area contributed by atoms with E-state index in [-0.39, 0.29) is 5.91 Å². The molecule has 2 rings (SSSR count). The third kappa shape index (κ3) is 3.96. The Labute approximate surface area is 127 Å². The van der Waals surface area contributed by atoms with Crippen LogP contribution in [-0.4, -0.2) is 24.1 Å².